The number of hydrogen-bond donors (Lipinski definition) is 1. The molecule has 0 aliphatic heterocycles. The molecule has 0 heterocycles. The molecule has 3 atom stereocenters. The van der Waals surface area contributed by atoms with Gasteiger partial charge in [0.1, 0.15) is 0 Å². The lowest BCUT2D eigenvalue weighted by atomic mass is 9.86. The second kappa shape index (κ2) is 3.32. The van der Waals surface area contributed by atoms with Crippen molar-refractivity contribution in [1.29, 1.82) is 0 Å². The predicted octanol–water partition coefficient (Wildman–Crippen LogP) is 0.138. The van der Waals surface area contributed by atoms with E-state index in [1.54, 1.807) is 7.11 Å². The molecule has 0 bridgehead atoms. The van der Waals surface area contributed by atoms with Crippen LogP contribution < -0.4 is 5.73 Å². The van der Waals surface area contributed by atoms with E-state index < -0.39 is 0 Å². The maximum atomic E-state index is 5.65. The standard InChI is InChI=1S/C7H15NO2/c1-3-10-6-4-5(8)7(6)9-2/h5-7H,3-4,8H2,1-2H3/t5-,6-,7-/m1/s1. The highest BCUT2D eigenvalue weighted by atomic mass is 16.5. The van der Waals surface area contributed by atoms with Crippen LogP contribution in [-0.2, 0) is 9.47 Å². The summed E-state index contributed by atoms with van der Waals surface area (Å²) in [5.74, 6) is 0. The molecule has 10 heavy (non-hydrogen) atoms. The minimum absolute atomic E-state index is 0.125. The summed E-state index contributed by atoms with van der Waals surface area (Å²) in [6.07, 6.45) is 1.30. The molecular formula is C7H15NO2. The first-order chi connectivity index (χ1) is 4.79. The fourth-order valence-corrected chi connectivity index (χ4v) is 1.32. The van der Waals surface area contributed by atoms with Crippen molar-refractivity contribution >= 4 is 0 Å². The van der Waals surface area contributed by atoms with Gasteiger partial charge in [0.25, 0.3) is 0 Å². The van der Waals surface area contributed by atoms with Crippen molar-refractivity contribution in [2.24, 2.45) is 5.73 Å². The Labute approximate surface area is 61.5 Å². The van der Waals surface area contributed by atoms with E-state index in [1.807, 2.05) is 6.92 Å². The predicted molar refractivity (Wildman–Crippen MR) is 38.8 cm³/mol. The van der Waals surface area contributed by atoms with E-state index in [0.717, 1.165) is 13.0 Å². The fraction of sp³-hybridized carbons (Fsp3) is 1.00. The molecule has 1 aliphatic carbocycles. The Morgan fingerprint density at radius 3 is 2.70 bits per heavy atom. The Bertz CT molecular complexity index is 106. The zero-order valence-corrected chi connectivity index (χ0v) is 6.54. The lowest BCUT2D eigenvalue weighted by molar-refractivity contribution is -0.122. The fourth-order valence-electron chi connectivity index (χ4n) is 1.32. The second-order valence-corrected chi connectivity index (χ2v) is 2.59. The maximum absolute atomic E-state index is 5.65. The molecule has 0 amide bonds. The average molecular weight is 145 g/mol. The van der Waals surface area contributed by atoms with Gasteiger partial charge in [-0.3, -0.25) is 0 Å². The Balaban J connectivity index is 2.23. The molecule has 3 nitrogen and oxygen atoms in total. The maximum Gasteiger partial charge on any atom is 0.0984 e. The van der Waals surface area contributed by atoms with Crippen LogP contribution in [0.25, 0.3) is 0 Å². The van der Waals surface area contributed by atoms with Gasteiger partial charge in [-0.25, -0.2) is 0 Å². The summed E-state index contributed by atoms with van der Waals surface area (Å²) in [6, 6.07) is 0.182. The lowest BCUT2D eigenvalue weighted by Gasteiger charge is -2.40. The molecule has 0 radical (unpaired) electrons. The minimum Gasteiger partial charge on any atom is -0.377 e. The molecule has 0 aromatic rings. The van der Waals surface area contributed by atoms with E-state index in [-0.39, 0.29) is 18.2 Å². The van der Waals surface area contributed by atoms with Crippen LogP contribution in [0.4, 0.5) is 0 Å². The van der Waals surface area contributed by atoms with Crippen molar-refractivity contribution in [3.8, 4) is 0 Å². The monoisotopic (exact) mass is 145 g/mol. The molecule has 0 saturated heterocycles. The third kappa shape index (κ3) is 1.31. The van der Waals surface area contributed by atoms with E-state index in [4.69, 9.17) is 15.2 Å². The van der Waals surface area contributed by atoms with E-state index in [1.165, 1.54) is 0 Å². The second-order valence-electron chi connectivity index (χ2n) is 2.59. The highest BCUT2D eigenvalue weighted by Crippen LogP contribution is 2.24. The smallest absolute Gasteiger partial charge is 0.0984 e. The highest BCUT2D eigenvalue weighted by molar-refractivity contribution is 4.94. The summed E-state index contributed by atoms with van der Waals surface area (Å²) in [5.41, 5.74) is 5.65. The third-order valence-electron chi connectivity index (χ3n) is 1.95. The van der Waals surface area contributed by atoms with Gasteiger partial charge >= 0.3 is 0 Å². The highest BCUT2D eigenvalue weighted by Gasteiger charge is 2.39. The van der Waals surface area contributed by atoms with Gasteiger partial charge < -0.3 is 15.2 Å². The van der Waals surface area contributed by atoms with Crippen LogP contribution in [-0.4, -0.2) is 32.0 Å². The molecule has 3 heteroatoms. The van der Waals surface area contributed by atoms with Crippen LogP contribution in [0.3, 0.4) is 0 Å². The molecule has 60 valence electrons. The van der Waals surface area contributed by atoms with Gasteiger partial charge in [-0.05, 0) is 13.3 Å². The zero-order chi connectivity index (χ0) is 7.56. The van der Waals surface area contributed by atoms with E-state index in [0.29, 0.717) is 0 Å². The van der Waals surface area contributed by atoms with Gasteiger partial charge in [-0.15, -0.1) is 0 Å². The van der Waals surface area contributed by atoms with Crippen molar-refractivity contribution in [2.75, 3.05) is 13.7 Å². The Kier molecular flexibility index (Phi) is 2.65. The number of methoxy groups -OCH3 is 1. The van der Waals surface area contributed by atoms with Gasteiger partial charge in [0.15, 0.2) is 0 Å². The van der Waals surface area contributed by atoms with Crippen LogP contribution in [0.2, 0.25) is 0 Å². The van der Waals surface area contributed by atoms with Crippen LogP contribution in [0.1, 0.15) is 13.3 Å². The van der Waals surface area contributed by atoms with E-state index in [9.17, 15) is 0 Å². The van der Waals surface area contributed by atoms with Gasteiger partial charge in [0, 0.05) is 19.8 Å². The normalized spacial score (nSPS) is 39.3. The molecule has 0 aromatic heterocycles. The molecular weight excluding hydrogens is 130 g/mol. The largest absolute Gasteiger partial charge is 0.377 e. The number of rotatable bonds is 3. The molecule has 1 rings (SSSR count). The van der Waals surface area contributed by atoms with Crippen molar-refractivity contribution in [2.45, 2.75) is 31.6 Å². The summed E-state index contributed by atoms with van der Waals surface area (Å²) in [5, 5.41) is 0. The lowest BCUT2D eigenvalue weighted by Crippen LogP contribution is -2.57. The molecule has 2 N–H and O–H groups in total. The number of nitrogens with two attached hydrogens (primary N) is 1. The van der Waals surface area contributed by atoms with Crippen molar-refractivity contribution in [3.63, 3.8) is 0 Å². The Morgan fingerprint density at radius 2 is 2.30 bits per heavy atom. The molecule has 1 saturated carbocycles. The van der Waals surface area contributed by atoms with Crippen LogP contribution in [0.5, 0.6) is 0 Å². The summed E-state index contributed by atoms with van der Waals surface area (Å²) in [7, 11) is 1.68. The first-order valence-electron chi connectivity index (χ1n) is 3.69. The van der Waals surface area contributed by atoms with Gasteiger partial charge in [-0.1, -0.05) is 0 Å². The molecule has 0 aromatic carbocycles. The summed E-state index contributed by atoms with van der Waals surface area (Å²) < 4.78 is 10.5. The zero-order valence-electron chi connectivity index (χ0n) is 6.54. The third-order valence-corrected chi connectivity index (χ3v) is 1.95. The number of ether oxygens (including phenoxy) is 2. The number of hydrogen-bond acceptors (Lipinski definition) is 3. The Morgan fingerprint density at radius 1 is 1.60 bits per heavy atom. The van der Waals surface area contributed by atoms with Crippen LogP contribution in [0.15, 0.2) is 0 Å². The minimum atomic E-state index is 0.125. The molecule has 0 spiro atoms. The summed E-state index contributed by atoms with van der Waals surface area (Å²) in [4.78, 5) is 0. The average Bonchev–Trinajstić information content (AvgIpc) is 1.88. The quantitative estimate of drug-likeness (QED) is 0.614. The van der Waals surface area contributed by atoms with Crippen molar-refractivity contribution in [3.05, 3.63) is 0 Å². The van der Waals surface area contributed by atoms with E-state index >= 15 is 0 Å². The van der Waals surface area contributed by atoms with Crippen molar-refractivity contribution in [1.82, 2.24) is 0 Å². The van der Waals surface area contributed by atoms with Gasteiger partial charge in [0.05, 0.1) is 12.2 Å². The topological polar surface area (TPSA) is 44.5 Å². The SMILES string of the molecule is CCO[C@@H]1C[C@@H](N)[C@H]1OC. The van der Waals surface area contributed by atoms with E-state index in [2.05, 4.69) is 0 Å². The molecule has 0 unspecified atom stereocenters. The molecule has 1 aliphatic rings. The van der Waals surface area contributed by atoms with Gasteiger partial charge in [-0.2, -0.15) is 0 Å². The van der Waals surface area contributed by atoms with Gasteiger partial charge in [0.2, 0.25) is 0 Å². The summed E-state index contributed by atoms with van der Waals surface area (Å²) >= 11 is 0. The van der Waals surface area contributed by atoms with Crippen LogP contribution in [0, 0.1) is 0 Å². The molecule has 1 fully saturated rings. The first kappa shape index (κ1) is 7.98. The summed E-state index contributed by atoms with van der Waals surface area (Å²) in [6.45, 7) is 2.73. The Hall–Kier alpha value is -0.120. The first-order valence-corrected chi connectivity index (χ1v) is 3.69. The van der Waals surface area contributed by atoms with Crippen molar-refractivity contribution < 1.29 is 9.47 Å². The van der Waals surface area contributed by atoms with Crippen LogP contribution >= 0.6 is 0 Å².